The molecule has 0 aromatic heterocycles. The van der Waals surface area contributed by atoms with Crippen LogP contribution in [0.1, 0.15) is 32.8 Å². The van der Waals surface area contributed by atoms with E-state index in [2.05, 4.69) is 15.6 Å². The van der Waals surface area contributed by atoms with Gasteiger partial charge < -0.3 is 25.0 Å². The van der Waals surface area contributed by atoms with Crippen molar-refractivity contribution in [1.82, 2.24) is 15.5 Å². The van der Waals surface area contributed by atoms with Crippen molar-refractivity contribution in [1.29, 1.82) is 0 Å². The maximum Gasteiger partial charge on any atom is 0.225 e. The lowest BCUT2D eigenvalue weighted by Crippen LogP contribution is -2.45. The number of halogens is 1. The highest BCUT2D eigenvalue weighted by molar-refractivity contribution is 6.32. The quantitative estimate of drug-likeness (QED) is 0.534. The Morgan fingerprint density at radius 3 is 2.79 bits per heavy atom. The van der Waals surface area contributed by atoms with Crippen LogP contribution in [0.25, 0.3) is 0 Å². The topological polar surface area (TPSA) is 75.2 Å². The van der Waals surface area contributed by atoms with Crippen molar-refractivity contribution in [2.75, 3.05) is 33.9 Å². The van der Waals surface area contributed by atoms with Crippen molar-refractivity contribution in [3.63, 3.8) is 0 Å². The number of guanidine groups is 1. The summed E-state index contributed by atoms with van der Waals surface area (Å²) in [4.78, 5) is 18.3. The van der Waals surface area contributed by atoms with Gasteiger partial charge in [0.2, 0.25) is 5.91 Å². The van der Waals surface area contributed by atoms with Crippen molar-refractivity contribution >= 4 is 23.5 Å². The van der Waals surface area contributed by atoms with Crippen LogP contribution in [0, 0.1) is 5.92 Å². The van der Waals surface area contributed by atoms with Crippen molar-refractivity contribution < 1.29 is 14.3 Å². The lowest BCUT2D eigenvalue weighted by molar-refractivity contribution is -0.133. The Kier molecular flexibility index (Phi) is 8.23. The summed E-state index contributed by atoms with van der Waals surface area (Å²) in [5.41, 5.74) is 0.955. The minimum absolute atomic E-state index is 0.0237. The van der Waals surface area contributed by atoms with E-state index in [-0.39, 0.29) is 17.9 Å². The fourth-order valence-corrected chi connectivity index (χ4v) is 3.46. The second-order valence-corrected chi connectivity index (χ2v) is 7.44. The number of amides is 1. The van der Waals surface area contributed by atoms with Gasteiger partial charge in [0.25, 0.3) is 0 Å². The Bertz CT molecular complexity index is 709. The molecule has 156 valence electrons. The largest absolute Gasteiger partial charge is 0.493 e. The summed E-state index contributed by atoms with van der Waals surface area (Å²) in [6.07, 6.45) is 0.905. The first-order chi connectivity index (χ1) is 13.4. The maximum absolute atomic E-state index is 12.1. The average molecular weight is 411 g/mol. The van der Waals surface area contributed by atoms with Gasteiger partial charge in [-0.3, -0.25) is 9.79 Å². The van der Waals surface area contributed by atoms with Crippen molar-refractivity contribution in [3.05, 3.63) is 22.7 Å². The molecule has 1 aromatic rings. The van der Waals surface area contributed by atoms with Gasteiger partial charge in [-0.1, -0.05) is 25.4 Å². The molecule has 2 N–H and O–H groups in total. The Labute approximate surface area is 172 Å². The summed E-state index contributed by atoms with van der Waals surface area (Å²) in [6, 6.07) is 3.94. The van der Waals surface area contributed by atoms with E-state index in [9.17, 15) is 4.79 Å². The van der Waals surface area contributed by atoms with E-state index in [4.69, 9.17) is 21.1 Å². The molecule has 1 aromatic carbocycles. The van der Waals surface area contributed by atoms with Gasteiger partial charge in [-0.15, -0.1) is 0 Å². The van der Waals surface area contributed by atoms with Crippen molar-refractivity contribution in [2.24, 2.45) is 10.9 Å². The molecule has 1 saturated heterocycles. The maximum atomic E-state index is 12.1. The highest BCUT2D eigenvalue weighted by Crippen LogP contribution is 2.36. The van der Waals surface area contributed by atoms with Gasteiger partial charge in [0, 0.05) is 38.6 Å². The third kappa shape index (κ3) is 5.67. The Morgan fingerprint density at radius 1 is 1.43 bits per heavy atom. The highest BCUT2D eigenvalue weighted by atomic mass is 35.5. The zero-order valence-corrected chi connectivity index (χ0v) is 18.1. The third-order valence-electron chi connectivity index (χ3n) is 4.60. The van der Waals surface area contributed by atoms with Gasteiger partial charge >= 0.3 is 0 Å². The van der Waals surface area contributed by atoms with Crippen LogP contribution in [0.5, 0.6) is 11.5 Å². The van der Waals surface area contributed by atoms with Crippen LogP contribution in [0.2, 0.25) is 5.02 Å². The molecule has 1 heterocycles. The standard InChI is InChI=1S/C20H31ClN4O3/c1-6-28-18-16(21)9-14(10-17(18)27-5)11-23-20(22-4)24-15-7-8-25(12-15)19(26)13(2)3/h9-10,13,15H,6-8,11-12H2,1-5H3,(H2,22,23,24). The number of carbonyl (C=O) groups excluding carboxylic acids is 1. The molecule has 1 atom stereocenters. The molecule has 0 bridgehead atoms. The number of aliphatic imine (C=N–C) groups is 1. The first kappa shape index (κ1) is 22.1. The number of likely N-dealkylation sites (tertiary alicyclic amines) is 1. The minimum Gasteiger partial charge on any atom is -0.493 e. The van der Waals surface area contributed by atoms with Crippen LogP contribution in [0.15, 0.2) is 17.1 Å². The predicted octanol–water partition coefficient (Wildman–Crippen LogP) is 2.67. The van der Waals surface area contributed by atoms with Crippen LogP contribution < -0.4 is 20.1 Å². The summed E-state index contributed by atoms with van der Waals surface area (Å²) >= 11 is 6.33. The molecule has 0 saturated carbocycles. The molecule has 28 heavy (non-hydrogen) atoms. The number of carbonyl (C=O) groups is 1. The molecule has 0 aliphatic carbocycles. The Hall–Kier alpha value is -2.15. The third-order valence-corrected chi connectivity index (χ3v) is 4.88. The van der Waals surface area contributed by atoms with E-state index >= 15 is 0 Å². The Balaban J connectivity index is 1.94. The van der Waals surface area contributed by atoms with Crippen LogP contribution in [-0.4, -0.2) is 56.7 Å². The fourth-order valence-electron chi connectivity index (χ4n) is 3.18. The monoisotopic (exact) mass is 410 g/mol. The number of methoxy groups -OCH3 is 1. The molecule has 8 heteroatoms. The molecule has 0 spiro atoms. The van der Waals surface area contributed by atoms with Gasteiger partial charge in [-0.05, 0) is 31.0 Å². The summed E-state index contributed by atoms with van der Waals surface area (Å²) < 4.78 is 10.9. The zero-order chi connectivity index (χ0) is 20.7. The number of nitrogens with one attached hydrogen (secondary N) is 2. The summed E-state index contributed by atoms with van der Waals surface area (Å²) in [5, 5.41) is 7.19. The number of nitrogens with zero attached hydrogens (tertiary/aromatic N) is 2. The first-order valence-corrected chi connectivity index (χ1v) is 10.0. The summed E-state index contributed by atoms with van der Waals surface area (Å²) in [5.74, 6) is 2.07. The molecule has 2 rings (SSSR count). The van der Waals surface area contributed by atoms with Gasteiger partial charge in [-0.2, -0.15) is 0 Å². The average Bonchev–Trinajstić information content (AvgIpc) is 3.14. The van der Waals surface area contributed by atoms with E-state index in [1.165, 1.54) is 0 Å². The molecular formula is C20H31ClN4O3. The summed E-state index contributed by atoms with van der Waals surface area (Å²) in [6.45, 7) is 8.28. The van der Waals surface area contributed by atoms with E-state index in [1.54, 1.807) is 14.2 Å². The normalized spacial score (nSPS) is 17.0. The number of hydrogen-bond acceptors (Lipinski definition) is 4. The summed E-state index contributed by atoms with van der Waals surface area (Å²) in [7, 11) is 3.32. The Morgan fingerprint density at radius 2 is 2.18 bits per heavy atom. The van der Waals surface area contributed by atoms with E-state index in [1.807, 2.05) is 37.8 Å². The lowest BCUT2D eigenvalue weighted by Gasteiger charge is -2.20. The van der Waals surface area contributed by atoms with Crippen LogP contribution >= 0.6 is 11.6 Å². The SMILES string of the molecule is CCOc1c(Cl)cc(CNC(=NC)NC2CCN(C(=O)C(C)C)C2)cc1OC. The molecule has 7 nitrogen and oxygen atoms in total. The number of hydrogen-bond donors (Lipinski definition) is 2. The smallest absolute Gasteiger partial charge is 0.225 e. The van der Waals surface area contributed by atoms with Crippen molar-refractivity contribution in [2.45, 2.75) is 39.8 Å². The van der Waals surface area contributed by atoms with Gasteiger partial charge in [0.15, 0.2) is 17.5 Å². The zero-order valence-electron chi connectivity index (χ0n) is 17.3. The number of benzene rings is 1. The van der Waals surface area contributed by atoms with E-state index < -0.39 is 0 Å². The van der Waals surface area contributed by atoms with Gasteiger partial charge in [0.05, 0.1) is 18.7 Å². The second-order valence-electron chi connectivity index (χ2n) is 7.04. The molecule has 1 aliphatic heterocycles. The molecule has 0 radical (unpaired) electrons. The van der Waals surface area contributed by atoms with Crippen LogP contribution in [0.3, 0.4) is 0 Å². The predicted molar refractivity (Wildman–Crippen MR) is 112 cm³/mol. The number of ether oxygens (including phenoxy) is 2. The van der Waals surface area contributed by atoms with Gasteiger partial charge in [-0.25, -0.2) is 0 Å². The van der Waals surface area contributed by atoms with Crippen LogP contribution in [-0.2, 0) is 11.3 Å². The van der Waals surface area contributed by atoms with Crippen LogP contribution in [0.4, 0.5) is 0 Å². The van der Waals surface area contributed by atoms with Gasteiger partial charge in [0.1, 0.15) is 0 Å². The fraction of sp³-hybridized carbons (Fsp3) is 0.600. The highest BCUT2D eigenvalue weighted by Gasteiger charge is 2.27. The molecular weight excluding hydrogens is 380 g/mol. The molecule has 1 amide bonds. The first-order valence-electron chi connectivity index (χ1n) is 9.64. The second kappa shape index (κ2) is 10.4. The molecule has 1 fully saturated rings. The van der Waals surface area contributed by atoms with E-state index in [0.717, 1.165) is 18.5 Å². The minimum atomic E-state index is 0.0237. The molecule has 1 aliphatic rings. The van der Waals surface area contributed by atoms with E-state index in [0.29, 0.717) is 42.2 Å². The number of rotatable bonds is 7. The molecule has 1 unspecified atom stereocenters. The lowest BCUT2D eigenvalue weighted by atomic mass is 10.2. The van der Waals surface area contributed by atoms with Crippen molar-refractivity contribution in [3.8, 4) is 11.5 Å².